The summed E-state index contributed by atoms with van der Waals surface area (Å²) in [6.07, 6.45) is -2.57. The number of amides is 1. The number of H-pyrrole nitrogens is 1. The normalized spacial score (nSPS) is 11.8. The first-order chi connectivity index (χ1) is 6.93. The molecule has 1 amide bonds. The standard InChI is InChI=1S/C7H7F4N3O/c8-6(9)7(10,11)3-12-5(15)4-1-2-13-14-4/h1-2,6H,3H2,(H,12,15)(H,13,14). The fraction of sp³-hybridized carbons (Fsp3) is 0.429. The molecule has 0 radical (unpaired) electrons. The monoisotopic (exact) mass is 225 g/mol. The number of aromatic nitrogens is 2. The van der Waals surface area contributed by atoms with Gasteiger partial charge in [0.05, 0.1) is 6.54 Å². The molecule has 15 heavy (non-hydrogen) atoms. The van der Waals surface area contributed by atoms with Crippen molar-refractivity contribution in [1.82, 2.24) is 15.5 Å². The van der Waals surface area contributed by atoms with Crippen LogP contribution < -0.4 is 5.32 Å². The fourth-order valence-electron chi connectivity index (χ4n) is 0.753. The van der Waals surface area contributed by atoms with Gasteiger partial charge in [-0.05, 0) is 6.07 Å². The third kappa shape index (κ3) is 2.93. The second-order valence-electron chi connectivity index (χ2n) is 2.71. The summed E-state index contributed by atoms with van der Waals surface area (Å²) in [7, 11) is 0. The van der Waals surface area contributed by atoms with Crippen LogP contribution in [-0.2, 0) is 0 Å². The minimum Gasteiger partial charge on any atom is -0.344 e. The highest BCUT2D eigenvalue weighted by molar-refractivity contribution is 5.92. The molecule has 0 spiro atoms. The van der Waals surface area contributed by atoms with Gasteiger partial charge in [0.15, 0.2) is 0 Å². The minimum absolute atomic E-state index is 0.0694. The minimum atomic E-state index is -4.23. The van der Waals surface area contributed by atoms with Gasteiger partial charge in [-0.2, -0.15) is 13.9 Å². The molecule has 0 saturated heterocycles. The van der Waals surface area contributed by atoms with E-state index in [0.717, 1.165) is 0 Å². The van der Waals surface area contributed by atoms with Crippen molar-refractivity contribution in [3.05, 3.63) is 18.0 Å². The Hall–Kier alpha value is -1.60. The first kappa shape index (κ1) is 11.5. The zero-order chi connectivity index (χ0) is 11.5. The van der Waals surface area contributed by atoms with Crippen molar-refractivity contribution in [2.45, 2.75) is 12.3 Å². The molecule has 0 fully saturated rings. The third-order valence-corrected chi connectivity index (χ3v) is 1.55. The van der Waals surface area contributed by atoms with Gasteiger partial charge >= 0.3 is 12.3 Å². The number of carbonyl (C=O) groups excluding carboxylic acids is 1. The maximum absolute atomic E-state index is 12.4. The lowest BCUT2D eigenvalue weighted by Gasteiger charge is -2.15. The van der Waals surface area contributed by atoms with E-state index >= 15 is 0 Å². The summed E-state index contributed by atoms with van der Waals surface area (Å²) < 4.78 is 48.1. The fourth-order valence-corrected chi connectivity index (χ4v) is 0.753. The lowest BCUT2D eigenvalue weighted by Crippen LogP contribution is -2.41. The molecule has 2 N–H and O–H groups in total. The average molecular weight is 225 g/mol. The molecule has 0 aliphatic carbocycles. The zero-order valence-corrected chi connectivity index (χ0v) is 7.31. The molecule has 1 heterocycles. The summed E-state index contributed by atoms with van der Waals surface area (Å²) in [4.78, 5) is 11.0. The Morgan fingerprint density at radius 2 is 2.27 bits per heavy atom. The van der Waals surface area contributed by atoms with Crippen LogP contribution in [0.15, 0.2) is 12.3 Å². The highest BCUT2D eigenvalue weighted by atomic mass is 19.3. The molecule has 0 saturated carbocycles. The molecule has 0 aliphatic heterocycles. The van der Waals surface area contributed by atoms with Crippen LogP contribution in [0.2, 0.25) is 0 Å². The van der Waals surface area contributed by atoms with E-state index in [1.807, 2.05) is 0 Å². The molecule has 0 aliphatic rings. The Morgan fingerprint density at radius 3 is 2.73 bits per heavy atom. The van der Waals surface area contributed by atoms with Gasteiger partial charge < -0.3 is 5.32 Å². The van der Waals surface area contributed by atoms with E-state index < -0.39 is 24.8 Å². The number of alkyl halides is 4. The molecule has 1 rings (SSSR count). The van der Waals surface area contributed by atoms with Crippen LogP contribution in [0.1, 0.15) is 10.5 Å². The van der Waals surface area contributed by atoms with Gasteiger partial charge in [-0.3, -0.25) is 9.89 Å². The molecule has 0 unspecified atom stereocenters. The van der Waals surface area contributed by atoms with Gasteiger partial charge in [0.25, 0.3) is 5.91 Å². The maximum Gasteiger partial charge on any atom is 0.324 e. The number of hydrogen-bond donors (Lipinski definition) is 2. The molecular weight excluding hydrogens is 218 g/mol. The molecule has 84 valence electrons. The lowest BCUT2D eigenvalue weighted by molar-refractivity contribution is -0.123. The van der Waals surface area contributed by atoms with Crippen molar-refractivity contribution in [2.24, 2.45) is 0 Å². The SMILES string of the molecule is O=C(NCC(F)(F)C(F)F)c1ccn[nH]1. The largest absolute Gasteiger partial charge is 0.344 e. The number of halogens is 4. The average Bonchev–Trinajstić information content (AvgIpc) is 2.66. The predicted octanol–water partition coefficient (Wildman–Crippen LogP) is 1.04. The summed E-state index contributed by atoms with van der Waals surface area (Å²) in [5.41, 5.74) is -0.0694. The van der Waals surface area contributed by atoms with Crippen molar-refractivity contribution in [1.29, 1.82) is 0 Å². The molecule has 0 atom stereocenters. The Kier molecular flexibility index (Phi) is 3.28. The smallest absolute Gasteiger partial charge is 0.324 e. The molecule has 1 aromatic heterocycles. The van der Waals surface area contributed by atoms with Crippen molar-refractivity contribution in [2.75, 3.05) is 6.54 Å². The Morgan fingerprint density at radius 1 is 1.60 bits per heavy atom. The Balaban J connectivity index is 2.48. The molecule has 8 heteroatoms. The highest BCUT2D eigenvalue weighted by Crippen LogP contribution is 2.21. The first-order valence-corrected chi connectivity index (χ1v) is 3.87. The lowest BCUT2D eigenvalue weighted by atomic mass is 10.3. The number of nitrogens with one attached hydrogen (secondary N) is 2. The highest BCUT2D eigenvalue weighted by Gasteiger charge is 2.40. The summed E-state index contributed by atoms with van der Waals surface area (Å²) in [6.45, 7) is -1.41. The van der Waals surface area contributed by atoms with Gasteiger partial charge in [0, 0.05) is 6.20 Å². The van der Waals surface area contributed by atoms with Crippen LogP contribution in [0.4, 0.5) is 17.6 Å². The maximum atomic E-state index is 12.4. The number of hydrogen-bond acceptors (Lipinski definition) is 2. The Bertz CT molecular complexity index is 325. The summed E-state index contributed by atoms with van der Waals surface area (Å²) in [5, 5.41) is 7.28. The molecule has 1 aromatic rings. The number of carbonyl (C=O) groups is 1. The second kappa shape index (κ2) is 4.28. The molecule has 0 bridgehead atoms. The van der Waals surface area contributed by atoms with Gasteiger partial charge in [-0.15, -0.1) is 0 Å². The summed E-state index contributed by atoms with van der Waals surface area (Å²) >= 11 is 0. The van der Waals surface area contributed by atoms with E-state index in [4.69, 9.17) is 0 Å². The van der Waals surface area contributed by atoms with E-state index in [1.54, 1.807) is 5.32 Å². The van der Waals surface area contributed by atoms with Crippen LogP contribution in [0, 0.1) is 0 Å². The number of aromatic amines is 1. The second-order valence-corrected chi connectivity index (χ2v) is 2.71. The van der Waals surface area contributed by atoms with E-state index in [0.29, 0.717) is 0 Å². The third-order valence-electron chi connectivity index (χ3n) is 1.55. The van der Waals surface area contributed by atoms with Crippen molar-refractivity contribution in [3.63, 3.8) is 0 Å². The van der Waals surface area contributed by atoms with E-state index in [-0.39, 0.29) is 5.69 Å². The van der Waals surface area contributed by atoms with Crippen LogP contribution in [0.3, 0.4) is 0 Å². The van der Waals surface area contributed by atoms with Gasteiger partial charge in [-0.1, -0.05) is 0 Å². The molecule has 0 aromatic carbocycles. The zero-order valence-electron chi connectivity index (χ0n) is 7.31. The Labute approximate surface area is 81.7 Å². The topological polar surface area (TPSA) is 57.8 Å². The van der Waals surface area contributed by atoms with Crippen LogP contribution in [0.5, 0.6) is 0 Å². The van der Waals surface area contributed by atoms with Crippen LogP contribution in [-0.4, -0.2) is 35.0 Å². The summed E-state index contributed by atoms with van der Waals surface area (Å²) in [6, 6.07) is 1.23. The van der Waals surface area contributed by atoms with E-state index in [1.165, 1.54) is 12.3 Å². The van der Waals surface area contributed by atoms with Crippen molar-refractivity contribution < 1.29 is 22.4 Å². The predicted molar refractivity (Wildman–Crippen MR) is 41.9 cm³/mol. The summed E-state index contributed by atoms with van der Waals surface area (Å²) in [5.74, 6) is -5.14. The van der Waals surface area contributed by atoms with Crippen LogP contribution >= 0.6 is 0 Å². The van der Waals surface area contributed by atoms with Gasteiger partial charge in [0.1, 0.15) is 5.69 Å². The molecule has 4 nitrogen and oxygen atoms in total. The quantitative estimate of drug-likeness (QED) is 0.752. The van der Waals surface area contributed by atoms with E-state index in [9.17, 15) is 22.4 Å². The molecular formula is C7H7F4N3O. The van der Waals surface area contributed by atoms with E-state index in [2.05, 4.69) is 10.2 Å². The van der Waals surface area contributed by atoms with Crippen LogP contribution in [0.25, 0.3) is 0 Å². The van der Waals surface area contributed by atoms with Gasteiger partial charge in [-0.25, -0.2) is 8.78 Å². The van der Waals surface area contributed by atoms with Crippen molar-refractivity contribution >= 4 is 5.91 Å². The number of nitrogens with zero attached hydrogens (tertiary/aromatic N) is 1. The number of rotatable bonds is 4. The first-order valence-electron chi connectivity index (χ1n) is 3.87. The van der Waals surface area contributed by atoms with Gasteiger partial charge in [0.2, 0.25) is 0 Å². The van der Waals surface area contributed by atoms with Crippen molar-refractivity contribution in [3.8, 4) is 0 Å².